The predicted molar refractivity (Wildman–Crippen MR) is 210 cm³/mol. The minimum Gasteiger partial charge on any atom is -0.688 e. The number of piperidine rings is 2. The zero-order chi connectivity index (χ0) is 40.7. The van der Waals surface area contributed by atoms with Gasteiger partial charge in [-0.15, -0.1) is 26.2 Å². The van der Waals surface area contributed by atoms with Crippen LogP contribution in [-0.4, -0.2) is 184 Å². The molecule has 8 atom stereocenters. The third kappa shape index (κ3) is 24.9. The van der Waals surface area contributed by atoms with E-state index in [1.165, 1.54) is 13.8 Å². The van der Waals surface area contributed by atoms with Crippen molar-refractivity contribution < 1.29 is 90.8 Å². The van der Waals surface area contributed by atoms with Gasteiger partial charge < -0.3 is 114 Å². The molecule has 6 saturated heterocycles. The minimum atomic E-state index is -1.17. The topological polar surface area (TPSA) is 338 Å². The predicted octanol–water partition coefficient (Wildman–Crippen LogP) is 0.00210. The second-order valence-corrected chi connectivity index (χ2v) is 13.7. The van der Waals surface area contributed by atoms with E-state index in [4.69, 9.17) is 20.4 Å². The number of rotatable bonds is 8. The summed E-state index contributed by atoms with van der Waals surface area (Å²) in [4.78, 5) is 48.6. The average Bonchev–Trinajstić information content (AvgIpc) is 3.19. The van der Waals surface area contributed by atoms with Gasteiger partial charge in [-0.3, -0.25) is 0 Å². The van der Waals surface area contributed by atoms with Gasteiger partial charge >= 0.3 is 17.1 Å². The molecular formula is C34H60Cu3N14O8-8. The number of nitrogens with one attached hydrogen (secondary N) is 4. The van der Waals surface area contributed by atoms with Crippen LogP contribution in [0.25, 0.3) is 53.2 Å². The second-order valence-electron chi connectivity index (χ2n) is 13.7. The Balaban J connectivity index is 0.000000925. The van der Waals surface area contributed by atoms with Crippen molar-refractivity contribution in [1.29, 1.82) is 0 Å². The zero-order valence-corrected chi connectivity index (χ0v) is 36.1. The molecule has 0 bridgehead atoms. The first-order valence-corrected chi connectivity index (χ1v) is 19.5. The maximum Gasteiger partial charge on any atom is 2.00 e. The molecule has 6 fully saturated rings. The van der Waals surface area contributed by atoms with Gasteiger partial charge in [-0.2, -0.15) is 0 Å². The number of amides is 4. The molecule has 0 aromatic rings. The van der Waals surface area contributed by atoms with Gasteiger partial charge in [-0.05, 0) is 66.2 Å². The van der Waals surface area contributed by atoms with Crippen LogP contribution in [0.1, 0.15) is 52.4 Å². The Bertz CT molecular complexity index is 986. The summed E-state index contributed by atoms with van der Waals surface area (Å²) in [5.74, 6) is -0.910. The maximum absolute atomic E-state index is 12.2. The van der Waals surface area contributed by atoms with Crippen LogP contribution in [0.15, 0.2) is 0 Å². The van der Waals surface area contributed by atoms with Gasteiger partial charge in [0.2, 0.25) is 0 Å². The SMILES string of the molecule is CC(O)O.CC(O)O.O=C([N-]C1CCCC([N-]C(=O)C2CNCC[N-]2)[N-]1)C1CNCC[N-]1.O=C([N-]C1CCCC([N-]C(=O)C2CNCC[N-]2)[N-]1)C1CNCC[N-]1.[Cu+2].[Cu].[Cu]. The van der Waals surface area contributed by atoms with Crippen molar-refractivity contribution in [3.05, 3.63) is 53.2 Å². The summed E-state index contributed by atoms with van der Waals surface area (Å²) in [6, 6.07) is -1.61. The molecule has 25 heteroatoms. The van der Waals surface area contributed by atoms with Gasteiger partial charge in [0, 0.05) is 57.8 Å². The average molecular weight is 984 g/mol. The smallest absolute Gasteiger partial charge is 0.688 e. The third-order valence-electron chi connectivity index (χ3n) is 8.69. The molecule has 355 valence electrons. The molecule has 6 rings (SSSR count). The van der Waals surface area contributed by atoms with Gasteiger partial charge in [-0.25, -0.2) is 24.7 Å². The Hall–Kier alpha value is -1.12. The van der Waals surface area contributed by atoms with E-state index in [9.17, 15) is 19.2 Å². The Kier molecular flexibility index (Phi) is 32.8. The van der Waals surface area contributed by atoms with Crippen molar-refractivity contribution >= 4 is 23.6 Å². The van der Waals surface area contributed by atoms with E-state index >= 15 is 0 Å². The van der Waals surface area contributed by atoms with E-state index in [-0.39, 0.29) is 74.8 Å². The maximum atomic E-state index is 12.2. The molecule has 6 heterocycles. The molecule has 0 aliphatic carbocycles. The number of carbonyl (C=O) groups excluding carboxylic acids is 4. The second kappa shape index (κ2) is 33.4. The normalized spacial score (nSPS) is 29.2. The van der Waals surface area contributed by atoms with E-state index in [1.54, 1.807) is 0 Å². The van der Waals surface area contributed by atoms with E-state index < -0.39 is 61.4 Å². The van der Waals surface area contributed by atoms with Gasteiger partial charge in [0.25, 0.3) is 0 Å². The van der Waals surface area contributed by atoms with E-state index in [0.29, 0.717) is 52.4 Å². The Morgan fingerprint density at radius 1 is 0.475 bits per heavy atom. The van der Waals surface area contributed by atoms with Crippen molar-refractivity contribution in [3.8, 4) is 0 Å². The van der Waals surface area contributed by atoms with Crippen molar-refractivity contribution in [2.45, 2.75) is 114 Å². The number of aliphatic hydroxyl groups excluding tert-OH is 2. The van der Waals surface area contributed by atoms with Crippen molar-refractivity contribution in [2.24, 2.45) is 0 Å². The fourth-order valence-corrected chi connectivity index (χ4v) is 6.06. The first-order chi connectivity index (χ1) is 26.9. The minimum absolute atomic E-state index is 0. The van der Waals surface area contributed by atoms with Crippen LogP contribution in [0.3, 0.4) is 0 Å². The van der Waals surface area contributed by atoms with Crippen molar-refractivity contribution in [1.82, 2.24) is 21.3 Å². The van der Waals surface area contributed by atoms with Crippen LogP contribution in [0, 0.1) is 0 Å². The van der Waals surface area contributed by atoms with Crippen LogP contribution < -0.4 is 21.3 Å². The Labute approximate surface area is 379 Å². The molecule has 4 amide bonds. The Morgan fingerprint density at radius 3 is 0.847 bits per heavy atom. The quantitative estimate of drug-likeness (QED) is 0.118. The molecule has 0 spiro atoms. The van der Waals surface area contributed by atoms with Gasteiger partial charge in [0.1, 0.15) is 12.6 Å². The molecule has 59 heavy (non-hydrogen) atoms. The molecule has 3 radical (unpaired) electrons. The number of aliphatic hydroxyl groups is 4. The number of hydrogen-bond acceptors (Lipinski definition) is 12. The fraction of sp³-hybridized carbons (Fsp3) is 0.882. The van der Waals surface area contributed by atoms with E-state index in [0.717, 1.165) is 64.7 Å². The van der Waals surface area contributed by atoms with Crippen LogP contribution in [0.4, 0.5) is 0 Å². The van der Waals surface area contributed by atoms with Crippen LogP contribution in [0.5, 0.6) is 0 Å². The summed E-state index contributed by atoms with van der Waals surface area (Å²) < 4.78 is 0. The summed E-state index contributed by atoms with van der Waals surface area (Å²) in [7, 11) is 0. The number of piperazine rings is 4. The molecule has 0 aromatic heterocycles. The molecule has 8 unspecified atom stereocenters. The molecule has 8 N–H and O–H groups in total. The number of carbonyl (C=O) groups is 4. The molecule has 22 nitrogen and oxygen atoms in total. The van der Waals surface area contributed by atoms with E-state index in [2.05, 4.69) is 74.4 Å². The standard InChI is InChI=1S/2C15H26N7O2.2C2H6O2.3Cu/c2*23-14(10-8-16-4-6-18-10)21-12-2-1-3-13(20-12)22-15(24)11-9-17-5-7-19-11;2*1-2(3)4;;;/h2*10-13,16-17H,1-9H2,(H2,21,22,23,24);2*2-4H,1H3;;;/q2*-3;;;;;+2/p-4. The van der Waals surface area contributed by atoms with Crippen LogP contribution in [-0.2, 0) is 70.4 Å². The van der Waals surface area contributed by atoms with Gasteiger partial charge in [0.05, 0.1) is 0 Å². The zero-order valence-electron chi connectivity index (χ0n) is 33.3. The molecule has 0 aromatic carbocycles. The third-order valence-corrected chi connectivity index (χ3v) is 8.69. The van der Waals surface area contributed by atoms with Gasteiger partial charge in [-0.1, -0.05) is 62.7 Å². The molecular weight excluding hydrogens is 923 g/mol. The summed E-state index contributed by atoms with van der Waals surface area (Å²) in [6.07, 6.45) is 0.626. The first kappa shape index (κ1) is 57.9. The molecule has 0 saturated carbocycles. The summed E-state index contributed by atoms with van der Waals surface area (Å²) in [5, 5.41) is 85.8. The largest absolute Gasteiger partial charge is 2.00 e. The van der Waals surface area contributed by atoms with Crippen molar-refractivity contribution in [3.63, 3.8) is 0 Å². The Morgan fingerprint density at radius 2 is 0.678 bits per heavy atom. The summed E-state index contributed by atoms with van der Waals surface area (Å²) in [6.45, 7) is 10.5. The van der Waals surface area contributed by atoms with Crippen LogP contribution >= 0.6 is 0 Å². The number of nitrogens with zero attached hydrogens (tertiary/aromatic N) is 10. The van der Waals surface area contributed by atoms with Gasteiger partial charge in [0.15, 0.2) is 0 Å². The molecule has 6 aliphatic heterocycles. The van der Waals surface area contributed by atoms with Crippen LogP contribution in [0.2, 0.25) is 0 Å². The number of hydrogen-bond donors (Lipinski definition) is 8. The fourth-order valence-electron chi connectivity index (χ4n) is 6.06. The summed E-state index contributed by atoms with van der Waals surface area (Å²) in [5.41, 5.74) is 0. The first-order valence-electron chi connectivity index (χ1n) is 19.5. The van der Waals surface area contributed by atoms with Crippen molar-refractivity contribution in [2.75, 3.05) is 78.5 Å². The van der Waals surface area contributed by atoms with E-state index in [1.807, 2.05) is 0 Å². The molecule has 6 aliphatic rings. The summed E-state index contributed by atoms with van der Waals surface area (Å²) >= 11 is 0. The monoisotopic (exact) mass is 981 g/mol.